The maximum Gasteiger partial charge on any atom is 0.220 e. The quantitative estimate of drug-likeness (QED) is 0.0577. The van der Waals surface area contributed by atoms with E-state index in [1.54, 1.807) is 33.5 Å². The lowest BCUT2D eigenvalue weighted by atomic mass is 9.97. The van der Waals surface area contributed by atoms with Crippen LogP contribution in [0, 0.1) is 0 Å². The Kier molecular flexibility index (Phi) is 19.6. The van der Waals surface area contributed by atoms with Crippen molar-refractivity contribution < 1.29 is 38.5 Å². The van der Waals surface area contributed by atoms with Gasteiger partial charge in [0.05, 0.1) is 12.5 Å². The lowest BCUT2D eigenvalue weighted by molar-refractivity contribution is -0.697. The van der Waals surface area contributed by atoms with Crippen LogP contribution in [0.1, 0.15) is 72.8 Å². The zero-order chi connectivity index (χ0) is 41.5. The molecule has 0 aliphatic carbocycles. The van der Waals surface area contributed by atoms with Crippen molar-refractivity contribution in [3.8, 4) is 0 Å². The number of rotatable bonds is 25. The summed E-state index contributed by atoms with van der Waals surface area (Å²) in [6.07, 6.45) is 18.5. The van der Waals surface area contributed by atoms with Crippen LogP contribution in [0.3, 0.4) is 0 Å². The van der Waals surface area contributed by atoms with Crippen molar-refractivity contribution in [2.45, 2.75) is 58.0 Å². The first-order valence-corrected chi connectivity index (χ1v) is 22.0. The van der Waals surface area contributed by atoms with Gasteiger partial charge in [0.15, 0.2) is 24.8 Å². The second-order valence-corrected chi connectivity index (χ2v) is 16.6. The number of aromatic nitrogens is 2. The standard InChI is InChI=1S/C45H53N5O6S2/c1-35(33-44(53)54)40-15-11-36(12-16-40)7-9-38-19-27-49(28-20-38)25-3-5-42(51)46-23-31-57-58-32-24-47-43(52)6-4-26-50-29-21-39(22-30-50)10-8-37-13-17-41(18-14-37)48(2)34-45(55)56/h7-22,27-30,35H,3-6,23-26,31-34H2,1-2H3,(H2-2,46,47,51,52,53,54,55,56)/b9-7+. The van der Waals surface area contributed by atoms with E-state index in [-0.39, 0.29) is 30.7 Å². The number of pyridine rings is 2. The van der Waals surface area contributed by atoms with Crippen LogP contribution >= 0.6 is 21.6 Å². The highest BCUT2D eigenvalue weighted by Crippen LogP contribution is 2.21. The van der Waals surface area contributed by atoms with E-state index < -0.39 is 11.9 Å². The molecule has 2 aromatic carbocycles. The SMILES string of the molecule is CC(CC(=O)[O-])c1ccc(/C=C/c2cc[n+](CCCC(=O)NCCSSCCNC(=O)CCC[n+]3ccc(/C=C/c4ccc(N(C)CC(=O)[O-])cc4)cc3)cc2)cc1. The minimum absolute atomic E-state index is 0.00736. The van der Waals surface area contributed by atoms with E-state index in [4.69, 9.17) is 0 Å². The summed E-state index contributed by atoms with van der Waals surface area (Å²) >= 11 is 0. The van der Waals surface area contributed by atoms with E-state index in [1.807, 2.05) is 129 Å². The Balaban J connectivity index is 0.976. The highest BCUT2D eigenvalue weighted by Gasteiger charge is 2.08. The van der Waals surface area contributed by atoms with Gasteiger partial charge < -0.3 is 35.3 Å². The van der Waals surface area contributed by atoms with Crippen LogP contribution in [-0.2, 0) is 32.3 Å². The second kappa shape index (κ2) is 25.1. The van der Waals surface area contributed by atoms with Gasteiger partial charge in [-0.25, -0.2) is 9.13 Å². The topological polar surface area (TPSA) is 149 Å². The van der Waals surface area contributed by atoms with Gasteiger partial charge in [-0.15, -0.1) is 0 Å². The van der Waals surface area contributed by atoms with Crippen LogP contribution in [0.2, 0.25) is 0 Å². The van der Waals surface area contributed by atoms with Crippen LogP contribution in [0.5, 0.6) is 0 Å². The van der Waals surface area contributed by atoms with Crippen LogP contribution < -0.4 is 34.9 Å². The Hall–Kier alpha value is -5.40. The third-order valence-corrected chi connectivity index (χ3v) is 11.6. The average Bonchev–Trinajstić information content (AvgIpc) is 3.21. The highest BCUT2D eigenvalue weighted by molar-refractivity contribution is 8.76. The molecule has 1 atom stereocenters. The first-order chi connectivity index (χ1) is 28.0. The molecule has 2 heterocycles. The number of nitrogens with zero attached hydrogens (tertiary/aromatic N) is 3. The molecule has 0 bridgehead atoms. The number of amides is 2. The summed E-state index contributed by atoms with van der Waals surface area (Å²) in [5.74, 6) is -0.558. The molecule has 11 nitrogen and oxygen atoms in total. The Morgan fingerprint density at radius 2 is 1.05 bits per heavy atom. The number of hydrogen-bond acceptors (Lipinski definition) is 9. The minimum atomic E-state index is -1.12. The van der Waals surface area contributed by atoms with E-state index in [0.29, 0.717) is 25.9 Å². The number of aliphatic carboxylic acids is 2. The average molecular weight is 824 g/mol. The zero-order valence-electron chi connectivity index (χ0n) is 33.2. The molecule has 1 unspecified atom stereocenters. The number of hydrogen-bond donors (Lipinski definition) is 2. The maximum absolute atomic E-state index is 12.3. The number of nitrogens with one attached hydrogen (secondary N) is 2. The fourth-order valence-corrected chi connectivity index (χ4v) is 7.69. The van der Waals surface area contributed by atoms with E-state index >= 15 is 0 Å². The fraction of sp³-hybridized carbons (Fsp3) is 0.333. The number of carboxylic acids is 2. The molecule has 0 radical (unpaired) electrons. The summed E-state index contributed by atoms with van der Waals surface area (Å²) in [7, 11) is 5.09. The Morgan fingerprint density at radius 3 is 1.47 bits per heavy atom. The molecule has 0 fully saturated rings. The Labute approximate surface area is 349 Å². The summed E-state index contributed by atoms with van der Waals surface area (Å²) in [6.45, 7) is 4.43. The van der Waals surface area contributed by atoms with Gasteiger partial charge in [-0.1, -0.05) is 89.2 Å². The lowest BCUT2D eigenvalue weighted by Gasteiger charge is -2.19. The van der Waals surface area contributed by atoms with Crippen molar-refractivity contribution >= 4 is 75.3 Å². The van der Waals surface area contributed by atoms with Crippen molar-refractivity contribution in [2.75, 3.05) is 43.1 Å². The molecule has 13 heteroatoms. The molecule has 58 heavy (non-hydrogen) atoms. The number of carboxylic acid groups (broad SMARTS) is 2. The van der Waals surface area contributed by atoms with E-state index in [9.17, 15) is 29.4 Å². The second-order valence-electron chi connectivity index (χ2n) is 13.9. The molecule has 2 N–H and O–H groups in total. The molecule has 0 saturated carbocycles. The summed E-state index contributed by atoms with van der Waals surface area (Å²) in [5.41, 5.74) is 5.94. The maximum atomic E-state index is 12.3. The molecule has 2 aromatic heterocycles. The van der Waals surface area contributed by atoms with E-state index in [0.717, 1.165) is 70.9 Å². The molecule has 0 aliphatic heterocycles. The first kappa shape index (κ1) is 45.3. The third-order valence-electron chi connectivity index (χ3n) is 9.19. The van der Waals surface area contributed by atoms with Gasteiger partial charge in [0.2, 0.25) is 11.8 Å². The molecule has 0 saturated heterocycles. The van der Waals surface area contributed by atoms with Crippen molar-refractivity contribution in [1.82, 2.24) is 10.6 Å². The van der Waals surface area contributed by atoms with Crippen LogP contribution in [-0.4, -0.2) is 61.9 Å². The molecule has 306 valence electrons. The summed E-state index contributed by atoms with van der Waals surface area (Å²) in [4.78, 5) is 47.9. The summed E-state index contributed by atoms with van der Waals surface area (Å²) in [5, 5.41) is 27.6. The van der Waals surface area contributed by atoms with Crippen molar-refractivity contribution in [3.63, 3.8) is 0 Å². The fourth-order valence-electron chi connectivity index (χ4n) is 5.87. The van der Waals surface area contributed by atoms with Gasteiger partial charge in [-0.2, -0.15) is 0 Å². The van der Waals surface area contributed by atoms with Crippen molar-refractivity contribution in [2.24, 2.45) is 0 Å². The number of benzene rings is 2. The van der Waals surface area contributed by atoms with E-state index in [2.05, 4.69) is 19.8 Å². The van der Waals surface area contributed by atoms with Crippen molar-refractivity contribution in [1.29, 1.82) is 0 Å². The van der Waals surface area contributed by atoms with Gasteiger partial charge in [-0.05, 0) is 52.3 Å². The van der Waals surface area contributed by atoms with Crippen LogP contribution in [0.15, 0.2) is 97.6 Å². The number of likely N-dealkylation sites (N-methyl/N-ethyl adjacent to an activating group) is 1. The normalized spacial score (nSPS) is 11.8. The molecule has 0 spiro atoms. The smallest absolute Gasteiger partial charge is 0.220 e. The van der Waals surface area contributed by atoms with Crippen LogP contribution in [0.25, 0.3) is 24.3 Å². The summed E-state index contributed by atoms with van der Waals surface area (Å²) in [6, 6.07) is 23.6. The van der Waals surface area contributed by atoms with E-state index in [1.165, 1.54) is 0 Å². The largest absolute Gasteiger partial charge is 0.550 e. The molecule has 0 aliphatic rings. The Morgan fingerprint density at radius 1 is 0.638 bits per heavy atom. The Bertz CT molecular complexity index is 1810. The van der Waals surface area contributed by atoms with Gasteiger partial charge >= 0.3 is 0 Å². The first-order valence-electron chi connectivity index (χ1n) is 19.5. The van der Waals surface area contributed by atoms with Gasteiger partial charge in [0.25, 0.3) is 0 Å². The number of carbonyl (C=O) groups excluding carboxylic acids is 4. The number of anilines is 1. The molecular formula is C45H53N5O6S2. The van der Waals surface area contributed by atoms with Gasteiger partial charge in [-0.3, -0.25) is 9.59 Å². The number of aryl methyl sites for hydroxylation is 2. The monoisotopic (exact) mass is 823 g/mol. The zero-order valence-corrected chi connectivity index (χ0v) is 34.9. The highest BCUT2D eigenvalue weighted by atomic mass is 33.1. The molecule has 2 amide bonds. The number of carbonyl (C=O) groups is 4. The molecular weight excluding hydrogens is 771 g/mol. The van der Waals surface area contributed by atoms with Gasteiger partial charge in [0, 0.05) is 93.2 Å². The minimum Gasteiger partial charge on any atom is -0.550 e. The molecule has 4 aromatic rings. The molecule has 4 rings (SSSR count). The summed E-state index contributed by atoms with van der Waals surface area (Å²) < 4.78 is 4.13. The van der Waals surface area contributed by atoms with Crippen molar-refractivity contribution in [3.05, 3.63) is 125 Å². The third kappa shape index (κ3) is 17.8. The predicted molar refractivity (Wildman–Crippen MR) is 230 cm³/mol. The van der Waals surface area contributed by atoms with Gasteiger partial charge in [0.1, 0.15) is 13.1 Å². The predicted octanol–water partition coefficient (Wildman–Crippen LogP) is 3.91. The van der Waals surface area contributed by atoms with Crippen LogP contribution in [0.4, 0.5) is 5.69 Å². The lowest BCUT2D eigenvalue weighted by Crippen LogP contribution is -2.35.